The van der Waals surface area contributed by atoms with E-state index in [0.717, 1.165) is 38.4 Å². The minimum absolute atomic E-state index is 0. The van der Waals surface area contributed by atoms with Gasteiger partial charge in [-0.25, -0.2) is 0 Å². The highest BCUT2D eigenvalue weighted by atomic mass is 127. The van der Waals surface area contributed by atoms with Crippen LogP contribution in [0.4, 0.5) is 0 Å². The molecule has 1 fully saturated rings. The average Bonchev–Trinajstić information content (AvgIpc) is 3.02. The van der Waals surface area contributed by atoms with Gasteiger partial charge in [0.05, 0.1) is 0 Å². The van der Waals surface area contributed by atoms with Gasteiger partial charge in [-0.05, 0) is 25.3 Å². The van der Waals surface area contributed by atoms with Crippen molar-refractivity contribution in [3.05, 3.63) is 35.4 Å². The molecule has 0 spiro atoms. The maximum absolute atomic E-state index is 11.7. The minimum Gasteiger partial charge on any atom is -0.356 e. The molecular weight excluding hydrogens is 415 g/mol. The quantitative estimate of drug-likeness (QED) is 0.417. The van der Waals surface area contributed by atoms with Gasteiger partial charge < -0.3 is 15.5 Å². The van der Waals surface area contributed by atoms with Crippen LogP contribution < -0.4 is 10.6 Å². The van der Waals surface area contributed by atoms with Crippen LogP contribution in [0.3, 0.4) is 0 Å². The average molecular weight is 444 g/mol. The first-order valence-electron chi connectivity index (χ1n) is 8.43. The van der Waals surface area contributed by atoms with E-state index in [9.17, 15) is 4.79 Å². The van der Waals surface area contributed by atoms with Gasteiger partial charge >= 0.3 is 0 Å². The lowest BCUT2D eigenvalue weighted by molar-refractivity contribution is -0.129. The third kappa shape index (κ3) is 6.30. The number of nitrogens with one attached hydrogen (secondary N) is 2. The van der Waals surface area contributed by atoms with Gasteiger partial charge in [-0.3, -0.25) is 9.79 Å². The Morgan fingerprint density at radius 3 is 2.88 bits per heavy atom. The first kappa shape index (κ1) is 20.7. The molecule has 1 aromatic carbocycles. The number of aliphatic imine (C=N–C) groups is 1. The van der Waals surface area contributed by atoms with Crippen molar-refractivity contribution < 1.29 is 4.79 Å². The summed E-state index contributed by atoms with van der Waals surface area (Å²) in [6.45, 7) is 6.47. The maximum atomic E-state index is 11.7. The summed E-state index contributed by atoms with van der Waals surface area (Å²) in [6.07, 6.45) is 2.52. The molecule has 134 valence electrons. The Labute approximate surface area is 162 Å². The van der Waals surface area contributed by atoms with E-state index in [2.05, 4.69) is 46.8 Å². The number of carbonyl (C=O) groups excluding carboxylic acids is 1. The molecule has 0 aliphatic carbocycles. The van der Waals surface area contributed by atoms with Gasteiger partial charge in [0.2, 0.25) is 5.91 Å². The summed E-state index contributed by atoms with van der Waals surface area (Å²) in [5, 5.41) is 6.77. The van der Waals surface area contributed by atoms with Crippen molar-refractivity contribution in [1.29, 1.82) is 0 Å². The molecule has 1 saturated heterocycles. The van der Waals surface area contributed by atoms with Gasteiger partial charge in [-0.1, -0.05) is 36.8 Å². The van der Waals surface area contributed by atoms with Crippen molar-refractivity contribution >= 4 is 35.8 Å². The van der Waals surface area contributed by atoms with E-state index in [0.29, 0.717) is 6.42 Å². The summed E-state index contributed by atoms with van der Waals surface area (Å²) >= 11 is 0. The van der Waals surface area contributed by atoms with Gasteiger partial charge in [0, 0.05) is 39.1 Å². The Balaban J connectivity index is 0.00000288. The monoisotopic (exact) mass is 444 g/mol. The normalized spacial score (nSPS) is 17.4. The number of halogens is 1. The third-order valence-electron chi connectivity index (χ3n) is 4.20. The molecule has 1 heterocycles. The molecule has 1 amide bonds. The Bertz CT molecular complexity index is 562. The second-order valence-corrected chi connectivity index (χ2v) is 6.06. The molecule has 0 radical (unpaired) electrons. The highest BCUT2D eigenvalue weighted by Crippen LogP contribution is 2.10. The minimum atomic E-state index is 0. The SMILES string of the molecule is CCC(=O)N1CCC(NC(=NC)NCCc2cccc(C)c2)C1.I. The van der Waals surface area contributed by atoms with Crippen LogP contribution in [0.2, 0.25) is 0 Å². The number of hydrogen-bond donors (Lipinski definition) is 2. The lowest BCUT2D eigenvalue weighted by Crippen LogP contribution is -2.45. The summed E-state index contributed by atoms with van der Waals surface area (Å²) in [7, 11) is 1.78. The molecule has 2 rings (SSSR count). The second-order valence-electron chi connectivity index (χ2n) is 6.06. The number of guanidine groups is 1. The Morgan fingerprint density at radius 2 is 2.21 bits per heavy atom. The van der Waals surface area contributed by atoms with Crippen LogP contribution >= 0.6 is 24.0 Å². The molecule has 1 aromatic rings. The summed E-state index contributed by atoms with van der Waals surface area (Å²) in [5.74, 6) is 1.05. The number of likely N-dealkylation sites (tertiary alicyclic amines) is 1. The molecule has 5 nitrogen and oxygen atoms in total. The van der Waals surface area contributed by atoms with Crippen LogP contribution in [0.5, 0.6) is 0 Å². The van der Waals surface area contributed by atoms with Crippen molar-refractivity contribution in [2.75, 3.05) is 26.7 Å². The fraction of sp³-hybridized carbons (Fsp3) is 0.556. The predicted octanol–water partition coefficient (Wildman–Crippen LogP) is 2.33. The smallest absolute Gasteiger partial charge is 0.222 e. The number of carbonyl (C=O) groups is 1. The third-order valence-corrected chi connectivity index (χ3v) is 4.20. The molecule has 6 heteroatoms. The molecular formula is C18H29IN4O. The summed E-state index contributed by atoms with van der Waals surface area (Å²) in [6, 6.07) is 8.85. The Hall–Kier alpha value is -1.31. The first-order valence-corrected chi connectivity index (χ1v) is 8.43. The van der Waals surface area contributed by atoms with Gasteiger partial charge in [0.1, 0.15) is 0 Å². The predicted molar refractivity (Wildman–Crippen MR) is 110 cm³/mol. The van der Waals surface area contributed by atoms with E-state index in [1.165, 1.54) is 11.1 Å². The molecule has 0 saturated carbocycles. The number of rotatable bonds is 5. The van der Waals surface area contributed by atoms with Crippen molar-refractivity contribution in [2.45, 2.75) is 39.2 Å². The summed E-state index contributed by atoms with van der Waals surface area (Å²) < 4.78 is 0. The van der Waals surface area contributed by atoms with Crippen molar-refractivity contribution in [3.8, 4) is 0 Å². The van der Waals surface area contributed by atoms with Gasteiger partial charge in [0.25, 0.3) is 0 Å². The van der Waals surface area contributed by atoms with Crippen LogP contribution in [0, 0.1) is 6.92 Å². The van der Waals surface area contributed by atoms with Crippen LogP contribution in [-0.2, 0) is 11.2 Å². The van der Waals surface area contributed by atoms with Crippen LogP contribution in [0.15, 0.2) is 29.3 Å². The highest BCUT2D eigenvalue weighted by molar-refractivity contribution is 14.0. The zero-order valence-electron chi connectivity index (χ0n) is 14.8. The summed E-state index contributed by atoms with van der Waals surface area (Å²) in [4.78, 5) is 17.9. The number of aryl methyl sites for hydroxylation is 1. The van der Waals surface area contributed by atoms with E-state index < -0.39 is 0 Å². The van der Waals surface area contributed by atoms with Crippen LogP contribution in [0.25, 0.3) is 0 Å². The van der Waals surface area contributed by atoms with Gasteiger partial charge in [-0.2, -0.15) is 0 Å². The van der Waals surface area contributed by atoms with Crippen molar-refractivity contribution in [2.24, 2.45) is 4.99 Å². The van der Waals surface area contributed by atoms with E-state index in [-0.39, 0.29) is 35.9 Å². The lowest BCUT2D eigenvalue weighted by Gasteiger charge is -2.18. The molecule has 1 atom stereocenters. The number of benzene rings is 1. The zero-order valence-corrected chi connectivity index (χ0v) is 17.2. The largest absolute Gasteiger partial charge is 0.356 e. The lowest BCUT2D eigenvalue weighted by atomic mass is 10.1. The fourth-order valence-electron chi connectivity index (χ4n) is 2.91. The fourth-order valence-corrected chi connectivity index (χ4v) is 2.91. The number of nitrogens with zero attached hydrogens (tertiary/aromatic N) is 2. The molecule has 1 unspecified atom stereocenters. The van der Waals surface area contributed by atoms with Gasteiger partial charge in [0.15, 0.2) is 5.96 Å². The topological polar surface area (TPSA) is 56.7 Å². The van der Waals surface area contributed by atoms with Crippen LogP contribution in [-0.4, -0.2) is 49.5 Å². The number of amides is 1. The van der Waals surface area contributed by atoms with Crippen molar-refractivity contribution in [3.63, 3.8) is 0 Å². The molecule has 1 aliphatic rings. The molecule has 24 heavy (non-hydrogen) atoms. The zero-order chi connectivity index (χ0) is 16.7. The maximum Gasteiger partial charge on any atom is 0.222 e. The van der Waals surface area contributed by atoms with E-state index in [4.69, 9.17) is 0 Å². The molecule has 1 aliphatic heterocycles. The molecule has 0 bridgehead atoms. The van der Waals surface area contributed by atoms with E-state index >= 15 is 0 Å². The van der Waals surface area contributed by atoms with Crippen LogP contribution in [0.1, 0.15) is 30.9 Å². The second kappa shape index (κ2) is 10.5. The molecule has 0 aromatic heterocycles. The standard InChI is InChI=1S/C18H28N4O.HI/c1-4-17(23)22-11-9-16(13-22)21-18(19-3)20-10-8-15-7-5-6-14(2)12-15;/h5-7,12,16H,4,8-11,13H2,1-3H3,(H2,19,20,21);1H. The van der Waals surface area contributed by atoms with E-state index in [1.54, 1.807) is 7.05 Å². The summed E-state index contributed by atoms with van der Waals surface area (Å²) in [5.41, 5.74) is 2.62. The first-order chi connectivity index (χ1) is 11.1. The number of hydrogen-bond acceptors (Lipinski definition) is 2. The molecule has 2 N–H and O–H groups in total. The van der Waals surface area contributed by atoms with E-state index in [1.807, 2.05) is 11.8 Å². The Morgan fingerprint density at radius 1 is 1.42 bits per heavy atom. The van der Waals surface area contributed by atoms with Gasteiger partial charge in [-0.15, -0.1) is 24.0 Å². The highest BCUT2D eigenvalue weighted by Gasteiger charge is 2.25. The Kier molecular flexibility index (Phi) is 9.10. The van der Waals surface area contributed by atoms with Crippen molar-refractivity contribution in [1.82, 2.24) is 15.5 Å².